The van der Waals surface area contributed by atoms with E-state index >= 15 is 0 Å². The molecule has 0 aliphatic heterocycles. The maximum absolute atomic E-state index is 12.1. The van der Waals surface area contributed by atoms with E-state index in [1.54, 1.807) is 11.9 Å². The maximum atomic E-state index is 12.1. The number of carbonyl (C=O) groups excluding carboxylic acids is 1. The molecule has 1 amide bonds. The van der Waals surface area contributed by atoms with Gasteiger partial charge in [-0.15, -0.1) is 0 Å². The van der Waals surface area contributed by atoms with E-state index < -0.39 is 5.54 Å². The van der Waals surface area contributed by atoms with Gasteiger partial charge in [0.15, 0.2) is 0 Å². The molecule has 1 atom stereocenters. The van der Waals surface area contributed by atoms with Crippen LogP contribution < -0.4 is 5.73 Å². The van der Waals surface area contributed by atoms with Gasteiger partial charge in [-0.2, -0.15) is 0 Å². The van der Waals surface area contributed by atoms with Crippen LogP contribution in [-0.2, 0) is 4.79 Å². The highest BCUT2D eigenvalue weighted by atomic mass is 16.3. The molecule has 15 heavy (non-hydrogen) atoms. The third kappa shape index (κ3) is 3.47. The van der Waals surface area contributed by atoms with Crippen molar-refractivity contribution >= 4 is 5.91 Å². The molecule has 0 aliphatic rings. The Kier molecular flexibility index (Phi) is 5.24. The average molecular weight is 216 g/mol. The molecule has 0 aromatic rings. The predicted molar refractivity (Wildman–Crippen MR) is 61.3 cm³/mol. The normalized spacial score (nSPS) is 14.1. The summed E-state index contributed by atoms with van der Waals surface area (Å²) in [4.78, 5) is 13.6. The van der Waals surface area contributed by atoms with Crippen molar-refractivity contribution in [1.82, 2.24) is 4.90 Å². The van der Waals surface area contributed by atoms with E-state index in [1.807, 2.05) is 27.7 Å². The molecular formula is C11H24N2O2. The molecule has 4 nitrogen and oxygen atoms in total. The van der Waals surface area contributed by atoms with Gasteiger partial charge in [0.05, 0.1) is 18.1 Å². The first-order valence-electron chi connectivity index (χ1n) is 5.36. The second kappa shape index (κ2) is 5.47. The van der Waals surface area contributed by atoms with E-state index in [0.29, 0.717) is 6.54 Å². The second-order valence-electron chi connectivity index (χ2n) is 4.95. The highest BCUT2D eigenvalue weighted by Gasteiger charge is 2.32. The molecule has 0 radical (unpaired) electrons. The van der Waals surface area contributed by atoms with E-state index in [2.05, 4.69) is 0 Å². The summed E-state index contributed by atoms with van der Waals surface area (Å²) in [5, 5.41) is 9.18. The van der Waals surface area contributed by atoms with Crippen molar-refractivity contribution in [3.05, 3.63) is 0 Å². The molecule has 0 aliphatic carbocycles. The van der Waals surface area contributed by atoms with Gasteiger partial charge in [0.2, 0.25) is 5.91 Å². The lowest BCUT2D eigenvalue weighted by Gasteiger charge is -2.37. The summed E-state index contributed by atoms with van der Waals surface area (Å²) in [6.45, 7) is 7.93. The Morgan fingerprint density at radius 3 is 2.20 bits per heavy atom. The number of nitrogens with two attached hydrogens (primary N) is 1. The lowest BCUT2D eigenvalue weighted by molar-refractivity contribution is -0.141. The van der Waals surface area contributed by atoms with Gasteiger partial charge < -0.3 is 15.7 Å². The van der Waals surface area contributed by atoms with E-state index in [4.69, 9.17) is 5.73 Å². The second-order valence-corrected chi connectivity index (χ2v) is 4.95. The largest absolute Gasteiger partial charge is 0.394 e. The summed E-state index contributed by atoms with van der Waals surface area (Å²) in [5.74, 6) is 0.0619. The Labute approximate surface area is 92.4 Å². The molecule has 3 N–H and O–H groups in total. The van der Waals surface area contributed by atoms with Gasteiger partial charge in [-0.3, -0.25) is 4.79 Å². The lowest BCUT2D eigenvalue weighted by atomic mass is 9.92. The highest BCUT2D eigenvalue weighted by Crippen LogP contribution is 2.18. The van der Waals surface area contributed by atoms with Crippen LogP contribution in [0.15, 0.2) is 0 Å². The average Bonchev–Trinajstić information content (AvgIpc) is 2.16. The Hall–Kier alpha value is -0.610. The minimum Gasteiger partial charge on any atom is -0.394 e. The molecule has 0 heterocycles. The predicted octanol–water partition coefficient (Wildman–Crippen LogP) is 0.447. The monoisotopic (exact) mass is 216 g/mol. The number of amides is 1. The van der Waals surface area contributed by atoms with Crippen molar-refractivity contribution in [2.45, 2.75) is 33.2 Å². The summed E-state index contributed by atoms with van der Waals surface area (Å²) in [7, 11) is 1.71. The van der Waals surface area contributed by atoms with E-state index in [9.17, 15) is 9.90 Å². The smallest absolute Gasteiger partial charge is 0.227 e. The molecule has 1 unspecified atom stereocenters. The number of likely N-dealkylation sites (N-methyl/N-ethyl adjacent to an activating group) is 1. The molecule has 0 spiro atoms. The van der Waals surface area contributed by atoms with Crippen molar-refractivity contribution in [1.29, 1.82) is 0 Å². The zero-order valence-corrected chi connectivity index (χ0v) is 10.4. The minimum absolute atomic E-state index is 0.00606. The molecule has 0 aromatic heterocycles. The fourth-order valence-electron chi connectivity index (χ4n) is 1.31. The van der Waals surface area contributed by atoms with Crippen LogP contribution in [0.3, 0.4) is 0 Å². The number of hydrogen-bond acceptors (Lipinski definition) is 3. The first-order chi connectivity index (χ1) is 6.77. The van der Waals surface area contributed by atoms with Crippen molar-refractivity contribution in [3.63, 3.8) is 0 Å². The molecule has 0 bridgehead atoms. The summed E-state index contributed by atoms with van der Waals surface area (Å²) >= 11 is 0. The number of hydrogen-bond donors (Lipinski definition) is 2. The van der Waals surface area contributed by atoms with E-state index in [1.165, 1.54) is 0 Å². The zero-order chi connectivity index (χ0) is 12.2. The number of nitrogens with zero attached hydrogens (tertiary/aromatic N) is 1. The van der Waals surface area contributed by atoms with Crippen LogP contribution in [-0.4, -0.2) is 41.7 Å². The van der Waals surface area contributed by atoms with Crippen LogP contribution in [0.1, 0.15) is 27.7 Å². The fourth-order valence-corrected chi connectivity index (χ4v) is 1.31. The molecule has 0 fully saturated rings. The molecular weight excluding hydrogens is 192 g/mol. The van der Waals surface area contributed by atoms with Crippen molar-refractivity contribution in [3.8, 4) is 0 Å². The molecule has 0 saturated carbocycles. The maximum Gasteiger partial charge on any atom is 0.227 e. The van der Waals surface area contributed by atoms with Gasteiger partial charge in [-0.1, -0.05) is 13.8 Å². The SMILES string of the molecule is CC(C)C(CN)C(=O)N(C)C(C)(C)CO. The van der Waals surface area contributed by atoms with Crippen LogP contribution in [0.4, 0.5) is 0 Å². The summed E-state index contributed by atoms with van der Waals surface area (Å²) in [6, 6.07) is 0. The standard InChI is InChI=1S/C11H24N2O2/c1-8(2)9(6-12)10(15)13(5)11(3,4)7-14/h8-9,14H,6-7,12H2,1-5H3. The van der Waals surface area contributed by atoms with Crippen molar-refractivity contribution in [2.24, 2.45) is 17.6 Å². The molecule has 0 aromatic carbocycles. The van der Waals surface area contributed by atoms with Crippen molar-refractivity contribution in [2.75, 3.05) is 20.2 Å². The third-order valence-electron chi connectivity index (χ3n) is 3.00. The summed E-state index contributed by atoms with van der Waals surface area (Å²) < 4.78 is 0. The quantitative estimate of drug-likeness (QED) is 0.701. The van der Waals surface area contributed by atoms with Gasteiger partial charge in [0.1, 0.15) is 0 Å². The first kappa shape index (κ1) is 14.4. The Bertz CT molecular complexity index is 215. The minimum atomic E-state index is -0.528. The van der Waals surface area contributed by atoms with Crippen LogP contribution in [0.5, 0.6) is 0 Å². The van der Waals surface area contributed by atoms with Gasteiger partial charge >= 0.3 is 0 Å². The molecule has 90 valence electrons. The zero-order valence-electron chi connectivity index (χ0n) is 10.4. The topological polar surface area (TPSA) is 66.6 Å². The van der Waals surface area contributed by atoms with Crippen LogP contribution >= 0.6 is 0 Å². The van der Waals surface area contributed by atoms with E-state index in [-0.39, 0.29) is 24.3 Å². The first-order valence-corrected chi connectivity index (χ1v) is 5.36. The van der Waals surface area contributed by atoms with Gasteiger partial charge in [0.25, 0.3) is 0 Å². The Balaban J connectivity index is 4.69. The van der Waals surface area contributed by atoms with E-state index in [0.717, 1.165) is 0 Å². The lowest BCUT2D eigenvalue weighted by Crippen LogP contribution is -2.51. The summed E-state index contributed by atoms with van der Waals surface area (Å²) in [5.41, 5.74) is 5.06. The van der Waals surface area contributed by atoms with Crippen LogP contribution in [0.2, 0.25) is 0 Å². The van der Waals surface area contributed by atoms with Crippen LogP contribution in [0, 0.1) is 11.8 Å². The van der Waals surface area contributed by atoms with Gasteiger partial charge in [-0.05, 0) is 19.8 Å². The Morgan fingerprint density at radius 2 is 1.93 bits per heavy atom. The molecule has 4 heteroatoms. The fraction of sp³-hybridized carbons (Fsp3) is 0.909. The highest BCUT2D eigenvalue weighted by molar-refractivity contribution is 5.79. The summed E-state index contributed by atoms with van der Waals surface area (Å²) in [6.07, 6.45) is 0. The number of aliphatic hydroxyl groups excluding tert-OH is 1. The number of aliphatic hydroxyl groups is 1. The van der Waals surface area contributed by atoms with Crippen LogP contribution in [0.25, 0.3) is 0 Å². The molecule has 0 rings (SSSR count). The third-order valence-corrected chi connectivity index (χ3v) is 3.00. The van der Waals surface area contributed by atoms with Gasteiger partial charge in [-0.25, -0.2) is 0 Å². The Morgan fingerprint density at radius 1 is 1.47 bits per heavy atom. The van der Waals surface area contributed by atoms with Crippen molar-refractivity contribution < 1.29 is 9.90 Å². The number of rotatable bonds is 5. The van der Waals surface area contributed by atoms with Gasteiger partial charge in [0, 0.05) is 13.6 Å². The molecule has 0 saturated heterocycles. The number of carbonyl (C=O) groups is 1.